The minimum atomic E-state index is -0.593. The van der Waals surface area contributed by atoms with Crippen molar-refractivity contribution >= 4 is 23.0 Å². The zero-order valence-electron chi connectivity index (χ0n) is 7.45. The van der Waals surface area contributed by atoms with Crippen LogP contribution >= 0.6 is 0 Å². The molecule has 2 rings (SSSR count). The fourth-order valence-electron chi connectivity index (χ4n) is 1.39. The maximum atomic E-state index is 11.3. The van der Waals surface area contributed by atoms with Gasteiger partial charge in [0.15, 0.2) is 0 Å². The van der Waals surface area contributed by atoms with Gasteiger partial charge in [0.1, 0.15) is 6.04 Å². The first kappa shape index (κ1) is 8.83. The molecule has 1 aromatic carbocycles. The van der Waals surface area contributed by atoms with Gasteiger partial charge in [0.05, 0.1) is 18.0 Å². The Morgan fingerprint density at radius 1 is 1.43 bits per heavy atom. The lowest BCUT2D eigenvalue weighted by molar-refractivity contribution is -0.117. The minimum Gasteiger partial charge on any atom is -0.399 e. The number of nitrogens with one attached hydrogen (secondary N) is 2. The lowest BCUT2D eigenvalue weighted by Crippen LogP contribution is -2.41. The number of carbonyl (C=O) groups excluding carboxylic acids is 1. The number of carbonyl (C=O) groups is 1. The van der Waals surface area contributed by atoms with E-state index in [1.165, 1.54) is 0 Å². The van der Waals surface area contributed by atoms with Crippen molar-refractivity contribution in [1.29, 1.82) is 0 Å². The van der Waals surface area contributed by atoms with Crippen molar-refractivity contribution in [2.45, 2.75) is 6.04 Å². The second kappa shape index (κ2) is 3.19. The van der Waals surface area contributed by atoms with Crippen LogP contribution in [0.15, 0.2) is 18.2 Å². The van der Waals surface area contributed by atoms with Gasteiger partial charge in [-0.05, 0) is 18.2 Å². The van der Waals surface area contributed by atoms with Crippen LogP contribution in [0.5, 0.6) is 0 Å². The summed E-state index contributed by atoms with van der Waals surface area (Å²) >= 11 is 0. The minimum absolute atomic E-state index is 0.232. The molecule has 5 N–H and O–H groups in total. The Hall–Kier alpha value is -1.75. The fourth-order valence-corrected chi connectivity index (χ4v) is 1.39. The zero-order valence-corrected chi connectivity index (χ0v) is 7.45. The Labute approximate surface area is 80.9 Å². The van der Waals surface area contributed by atoms with Gasteiger partial charge >= 0.3 is 0 Å². The number of anilines is 3. The molecule has 0 radical (unpaired) electrons. The summed E-state index contributed by atoms with van der Waals surface area (Å²) < 4.78 is 0. The zero-order chi connectivity index (χ0) is 10.1. The SMILES string of the molecule is Nc1ccc2c(c1)NC(CO)C(=O)N2. The number of amides is 1. The van der Waals surface area contributed by atoms with Crippen molar-refractivity contribution in [3.05, 3.63) is 18.2 Å². The number of hydrogen-bond donors (Lipinski definition) is 4. The number of aliphatic hydroxyl groups is 1. The van der Waals surface area contributed by atoms with E-state index in [-0.39, 0.29) is 12.5 Å². The Kier molecular flexibility index (Phi) is 2.01. The second-order valence-electron chi connectivity index (χ2n) is 3.17. The third-order valence-corrected chi connectivity index (χ3v) is 2.13. The molecule has 1 unspecified atom stereocenters. The number of benzene rings is 1. The van der Waals surface area contributed by atoms with Gasteiger partial charge in [0.25, 0.3) is 0 Å². The molecule has 1 amide bonds. The van der Waals surface area contributed by atoms with E-state index in [0.717, 1.165) is 5.69 Å². The van der Waals surface area contributed by atoms with Crippen LogP contribution in [-0.4, -0.2) is 23.7 Å². The summed E-state index contributed by atoms with van der Waals surface area (Å²) in [4.78, 5) is 11.3. The highest BCUT2D eigenvalue weighted by Crippen LogP contribution is 2.28. The number of rotatable bonds is 1. The average molecular weight is 193 g/mol. The predicted molar refractivity (Wildman–Crippen MR) is 54.0 cm³/mol. The van der Waals surface area contributed by atoms with Crippen LogP contribution in [0.1, 0.15) is 0 Å². The standard InChI is InChI=1S/C9H11N3O2/c10-5-1-2-6-7(3-5)11-8(4-13)9(14)12-6/h1-3,8,11,13H,4,10H2,(H,12,14). The van der Waals surface area contributed by atoms with E-state index in [9.17, 15) is 4.79 Å². The molecular formula is C9H11N3O2. The molecule has 5 nitrogen and oxygen atoms in total. The van der Waals surface area contributed by atoms with Crippen molar-refractivity contribution in [3.63, 3.8) is 0 Å². The Balaban J connectivity index is 2.36. The molecule has 14 heavy (non-hydrogen) atoms. The van der Waals surface area contributed by atoms with E-state index < -0.39 is 6.04 Å². The number of hydrogen-bond acceptors (Lipinski definition) is 4. The van der Waals surface area contributed by atoms with Gasteiger partial charge in [0, 0.05) is 5.69 Å². The summed E-state index contributed by atoms with van der Waals surface area (Å²) in [6, 6.07) is 4.56. The maximum Gasteiger partial charge on any atom is 0.249 e. The first-order chi connectivity index (χ1) is 6.70. The van der Waals surface area contributed by atoms with Gasteiger partial charge in [0.2, 0.25) is 5.91 Å². The van der Waals surface area contributed by atoms with E-state index in [0.29, 0.717) is 11.4 Å². The first-order valence-corrected chi connectivity index (χ1v) is 4.28. The van der Waals surface area contributed by atoms with Crippen molar-refractivity contribution in [2.24, 2.45) is 0 Å². The summed E-state index contributed by atoms with van der Waals surface area (Å²) in [5.74, 6) is -0.232. The van der Waals surface area contributed by atoms with Gasteiger partial charge in [-0.1, -0.05) is 0 Å². The van der Waals surface area contributed by atoms with E-state index in [2.05, 4.69) is 10.6 Å². The van der Waals surface area contributed by atoms with E-state index in [4.69, 9.17) is 10.8 Å². The summed E-state index contributed by atoms with van der Waals surface area (Å²) in [6.45, 7) is -0.236. The quantitative estimate of drug-likeness (QED) is 0.472. The molecule has 1 atom stereocenters. The van der Waals surface area contributed by atoms with Gasteiger partial charge in [-0.3, -0.25) is 4.79 Å². The van der Waals surface area contributed by atoms with Gasteiger partial charge < -0.3 is 21.5 Å². The van der Waals surface area contributed by atoms with Gasteiger partial charge in [-0.15, -0.1) is 0 Å². The second-order valence-corrected chi connectivity index (χ2v) is 3.17. The Morgan fingerprint density at radius 2 is 2.21 bits per heavy atom. The lowest BCUT2D eigenvalue weighted by Gasteiger charge is -2.25. The maximum absolute atomic E-state index is 11.3. The van der Waals surface area contributed by atoms with Gasteiger partial charge in [-0.25, -0.2) is 0 Å². The molecule has 1 aromatic rings. The Morgan fingerprint density at radius 3 is 2.93 bits per heavy atom. The van der Waals surface area contributed by atoms with Crippen molar-refractivity contribution in [2.75, 3.05) is 23.0 Å². The summed E-state index contributed by atoms with van der Waals surface area (Å²) in [5, 5.41) is 14.5. The lowest BCUT2D eigenvalue weighted by atomic mass is 10.1. The molecule has 0 aromatic heterocycles. The van der Waals surface area contributed by atoms with Crippen LogP contribution in [0.3, 0.4) is 0 Å². The molecule has 0 saturated heterocycles. The third kappa shape index (κ3) is 1.38. The topological polar surface area (TPSA) is 87.4 Å². The molecular weight excluding hydrogens is 182 g/mol. The smallest absolute Gasteiger partial charge is 0.249 e. The van der Waals surface area contributed by atoms with Crippen LogP contribution in [0.2, 0.25) is 0 Å². The summed E-state index contributed by atoms with van der Waals surface area (Å²) in [6.07, 6.45) is 0. The van der Waals surface area contributed by atoms with Crippen molar-refractivity contribution in [1.82, 2.24) is 0 Å². The third-order valence-electron chi connectivity index (χ3n) is 2.13. The summed E-state index contributed by atoms with van der Waals surface area (Å²) in [5.41, 5.74) is 7.63. The highest BCUT2D eigenvalue weighted by atomic mass is 16.3. The normalized spacial score (nSPS) is 19.5. The first-order valence-electron chi connectivity index (χ1n) is 4.28. The van der Waals surface area contributed by atoms with Crippen LogP contribution in [0.25, 0.3) is 0 Å². The molecule has 74 valence electrons. The van der Waals surface area contributed by atoms with E-state index in [1.54, 1.807) is 18.2 Å². The highest BCUT2D eigenvalue weighted by Gasteiger charge is 2.24. The van der Waals surface area contributed by atoms with E-state index in [1.807, 2.05) is 0 Å². The fraction of sp³-hybridized carbons (Fsp3) is 0.222. The van der Waals surface area contributed by atoms with Gasteiger partial charge in [-0.2, -0.15) is 0 Å². The monoisotopic (exact) mass is 193 g/mol. The molecule has 0 aliphatic carbocycles. The highest BCUT2D eigenvalue weighted by molar-refractivity contribution is 6.03. The van der Waals surface area contributed by atoms with Crippen LogP contribution < -0.4 is 16.4 Å². The predicted octanol–water partition coefficient (Wildman–Crippen LogP) is -0.00630. The molecule has 0 fully saturated rings. The Bertz CT molecular complexity index is 378. The van der Waals surface area contributed by atoms with Crippen molar-refractivity contribution in [3.8, 4) is 0 Å². The summed E-state index contributed by atoms with van der Waals surface area (Å²) in [7, 11) is 0. The largest absolute Gasteiger partial charge is 0.399 e. The number of nitrogen functional groups attached to an aromatic ring is 1. The molecule has 1 aliphatic heterocycles. The molecule has 1 aliphatic rings. The number of fused-ring (bicyclic) bond motifs is 1. The molecule has 0 bridgehead atoms. The number of aliphatic hydroxyl groups excluding tert-OH is 1. The van der Waals surface area contributed by atoms with Crippen molar-refractivity contribution < 1.29 is 9.90 Å². The molecule has 1 heterocycles. The van der Waals surface area contributed by atoms with Crippen LogP contribution in [0, 0.1) is 0 Å². The number of nitrogens with two attached hydrogens (primary N) is 1. The van der Waals surface area contributed by atoms with Crippen LogP contribution in [0.4, 0.5) is 17.1 Å². The van der Waals surface area contributed by atoms with E-state index >= 15 is 0 Å². The average Bonchev–Trinajstić information content (AvgIpc) is 2.17. The molecule has 0 saturated carbocycles. The van der Waals surface area contributed by atoms with Crippen LogP contribution in [-0.2, 0) is 4.79 Å². The molecule has 5 heteroatoms. The molecule has 0 spiro atoms.